The Bertz CT molecular complexity index is 1450. The summed E-state index contributed by atoms with van der Waals surface area (Å²) in [5.41, 5.74) is 3.15. The Balaban J connectivity index is 1.14. The molecule has 1 N–H and O–H groups in total. The maximum absolute atomic E-state index is 13.8. The molecule has 0 aromatic heterocycles. The molecule has 3 aromatic carbocycles. The quantitative estimate of drug-likeness (QED) is 0.468. The third-order valence-corrected chi connectivity index (χ3v) is 8.64. The fraction of sp³-hybridized carbons (Fsp3) is 0.394. The number of carbonyl (C=O) groups excluding carboxylic acids is 2. The Hall–Kier alpha value is -3.71. The van der Waals surface area contributed by atoms with Crippen molar-refractivity contribution in [3.63, 3.8) is 0 Å². The van der Waals surface area contributed by atoms with E-state index >= 15 is 0 Å². The summed E-state index contributed by atoms with van der Waals surface area (Å²) < 4.78 is 20.0. The molecule has 0 saturated carbocycles. The van der Waals surface area contributed by atoms with Crippen molar-refractivity contribution < 1.29 is 18.7 Å². The normalized spacial score (nSPS) is 22.1. The van der Waals surface area contributed by atoms with Crippen LogP contribution >= 0.6 is 0 Å². The van der Waals surface area contributed by atoms with Crippen molar-refractivity contribution in [1.29, 1.82) is 0 Å². The summed E-state index contributed by atoms with van der Waals surface area (Å²) in [6, 6.07) is 21.3. The number of likely N-dealkylation sites (tertiary alicyclic amines) is 2. The first-order valence-corrected chi connectivity index (χ1v) is 14.2. The highest BCUT2D eigenvalue weighted by Crippen LogP contribution is 2.33. The van der Waals surface area contributed by atoms with Gasteiger partial charge in [0.1, 0.15) is 11.6 Å². The fourth-order valence-electron chi connectivity index (χ4n) is 6.13. The predicted molar refractivity (Wildman–Crippen MR) is 153 cm³/mol. The predicted octanol–water partition coefficient (Wildman–Crippen LogP) is 5.16. The molecule has 0 radical (unpaired) electrons. The van der Waals surface area contributed by atoms with E-state index in [1.807, 2.05) is 72.2 Å². The minimum Gasteiger partial charge on any atom is -0.478 e. The van der Waals surface area contributed by atoms with Crippen LogP contribution in [-0.2, 0) is 4.79 Å². The zero-order chi connectivity index (χ0) is 28.0. The van der Waals surface area contributed by atoms with Crippen LogP contribution in [0, 0.1) is 12.7 Å². The van der Waals surface area contributed by atoms with Crippen LogP contribution in [0.4, 0.5) is 4.39 Å². The van der Waals surface area contributed by atoms with Crippen molar-refractivity contribution in [2.24, 2.45) is 0 Å². The molecule has 208 valence electrons. The monoisotopic (exact) mass is 541 g/mol. The van der Waals surface area contributed by atoms with Crippen LogP contribution in [0.15, 0.2) is 66.7 Å². The van der Waals surface area contributed by atoms with Gasteiger partial charge in [-0.3, -0.25) is 9.59 Å². The molecule has 6 rings (SSSR count). The number of piperazine rings is 1. The number of nitrogens with one attached hydrogen (secondary N) is 1. The van der Waals surface area contributed by atoms with Crippen molar-refractivity contribution in [2.45, 2.75) is 57.2 Å². The summed E-state index contributed by atoms with van der Waals surface area (Å²) in [7, 11) is 0. The number of hydrogen-bond acceptors (Lipinski definition) is 4. The van der Waals surface area contributed by atoms with Crippen molar-refractivity contribution in [3.05, 3.63) is 89.2 Å². The number of hydrogen-bond donors (Lipinski definition) is 1. The molecule has 0 bridgehead atoms. The molecule has 2 amide bonds. The minimum atomic E-state index is -0.957. The Morgan fingerprint density at radius 3 is 2.52 bits per heavy atom. The second-order valence-corrected chi connectivity index (χ2v) is 11.9. The lowest BCUT2D eigenvalue weighted by atomic mass is 9.86. The number of carbonyl (C=O) groups is 2. The van der Waals surface area contributed by atoms with E-state index in [1.165, 1.54) is 6.07 Å². The molecule has 0 spiro atoms. The number of fused-ring (bicyclic) bond motifs is 1. The number of piperidine rings is 1. The van der Waals surface area contributed by atoms with Gasteiger partial charge in [0.15, 0.2) is 5.60 Å². The Morgan fingerprint density at radius 2 is 1.80 bits per heavy atom. The summed E-state index contributed by atoms with van der Waals surface area (Å²) in [4.78, 5) is 30.5. The smallest absolute Gasteiger partial charge is 0.266 e. The highest BCUT2D eigenvalue weighted by Gasteiger charge is 2.51. The largest absolute Gasteiger partial charge is 0.478 e. The Morgan fingerprint density at radius 1 is 1.00 bits per heavy atom. The van der Waals surface area contributed by atoms with Gasteiger partial charge < -0.3 is 19.9 Å². The molecule has 0 aliphatic carbocycles. The van der Waals surface area contributed by atoms with E-state index in [0.29, 0.717) is 42.0 Å². The van der Waals surface area contributed by atoms with E-state index in [4.69, 9.17) is 4.74 Å². The molecule has 6 nitrogen and oxygen atoms in total. The summed E-state index contributed by atoms with van der Waals surface area (Å²) >= 11 is 0. The SMILES string of the molecule is Cc1cc(-c2cccc(C(=O)N3CCCC(c4cccc(OC(C)(C)C(=O)N5CC6NCC65)c4)C3)c2)ccc1F. The summed E-state index contributed by atoms with van der Waals surface area (Å²) in [5, 5.41) is 3.34. The van der Waals surface area contributed by atoms with Crippen molar-refractivity contribution in [2.75, 3.05) is 26.2 Å². The third kappa shape index (κ3) is 4.99. The first-order valence-electron chi connectivity index (χ1n) is 14.2. The number of ether oxygens (including phenoxy) is 1. The van der Waals surface area contributed by atoms with E-state index in [9.17, 15) is 14.0 Å². The maximum Gasteiger partial charge on any atom is 0.266 e. The third-order valence-electron chi connectivity index (χ3n) is 8.64. The van der Waals surface area contributed by atoms with Crippen LogP contribution in [0.2, 0.25) is 0 Å². The lowest BCUT2D eigenvalue weighted by molar-refractivity contribution is -0.161. The first-order chi connectivity index (χ1) is 19.2. The van der Waals surface area contributed by atoms with Gasteiger partial charge in [-0.2, -0.15) is 0 Å². The lowest BCUT2D eigenvalue weighted by Gasteiger charge is -2.57. The van der Waals surface area contributed by atoms with Crippen LogP contribution in [-0.4, -0.2) is 65.5 Å². The number of aryl methyl sites for hydroxylation is 1. The molecule has 3 aromatic rings. The average molecular weight is 542 g/mol. The second-order valence-electron chi connectivity index (χ2n) is 11.9. The number of nitrogens with zero attached hydrogens (tertiary/aromatic N) is 2. The van der Waals surface area contributed by atoms with Gasteiger partial charge in [0.05, 0.1) is 6.04 Å². The molecular weight excluding hydrogens is 505 g/mol. The summed E-state index contributed by atoms with van der Waals surface area (Å²) in [5.74, 6) is 0.641. The number of rotatable bonds is 6. The van der Waals surface area contributed by atoms with E-state index < -0.39 is 5.60 Å². The van der Waals surface area contributed by atoms with Crippen LogP contribution in [0.25, 0.3) is 11.1 Å². The summed E-state index contributed by atoms with van der Waals surface area (Å²) in [6.07, 6.45) is 1.89. The molecule has 3 atom stereocenters. The zero-order valence-electron chi connectivity index (χ0n) is 23.3. The van der Waals surface area contributed by atoms with Crippen molar-refractivity contribution >= 4 is 11.8 Å². The minimum absolute atomic E-state index is 0.00264. The van der Waals surface area contributed by atoms with Gasteiger partial charge in [-0.1, -0.05) is 30.3 Å². The van der Waals surface area contributed by atoms with Crippen molar-refractivity contribution in [1.82, 2.24) is 15.1 Å². The molecule has 3 aliphatic rings. The number of amides is 2. The van der Waals surface area contributed by atoms with Gasteiger partial charge in [-0.05, 0) is 92.3 Å². The van der Waals surface area contributed by atoms with E-state index in [2.05, 4.69) is 11.4 Å². The molecule has 3 aliphatic heterocycles. The molecule has 3 unspecified atom stereocenters. The van der Waals surface area contributed by atoms with E-state index in [-0.39, 0.29) is 23.5 Å². The van der Waals surface area contributed by atoms with Gasteiger partial charge in [0.25, 0.3) is 11.8 Å². The maximum atomic E-state index is 13.8. The standard InChI is InChI=1S/C33H36FN3O3/c1-21-15-24(12-13-28(21)34)22-7-4-9-25(16-22)31(38)36-14-6-10-26(19-36)23-8-5-11-27(17-23)40-33(2,3)32(39)37-20-29-30(37)18-35-29/h4-5,7-9,11-13,15-17,26,29-30,35H,6,10,14,18-20H2,1-3H3. The van der Waals surface area contributed by atoms with Gasteiger partial charge in [0, 0.05) is 43.7 Å². The zero-order valence-corrected chi connectivity index (χ0v) is 23.3. The molecule has 3 fully saturated rings. The van der Waals surface area contributed by atoms with Crippen LogP contribution in [0.5, 0.6) is 5.75 Å². The Labute approximate surface area is 235 Å². The second kappa shape index (κ2) is 10.4. The van der Waals surface area contributed by atoms with E-state index in [1.54, 1.807) is 13.0 Å². The fourth-order valence-corrected chi connectivity index (χ4v) is 6.13. The Kier molecular flexibility index (Phi) is 6.87. The van der Waals surface area contributed by atoms with Crippen LogP contribution < -0.4 is 10.1 Å². The van der Waals surface area contributed by atoms with Gasteiger partial charge >= 0.3 is 0 Å². The van der Waals surface area contributed by atoms with E-state index in [0.717, 1.165) is 42.6 Å². The van der Waals surface area contributed by atoms with Gasteiger partial charge in [-0.15, -0.1) is 0 Å². The molecule has 3 saturated heterocycles. The number of benzene rings is 3. The highest BCUT2D eigenvalue weighted by atomic mass is 19.1. The lowest BCUT2D eigenvalue weighted by Crippen LogP contribution is -2.80. The molecule has 40 heavy (non-hydrogen) atoms. The molecular formula is C33H36FN3O3. The number of halogens is 1. The van der Waals surface area contributed by atoms with Crippen LogP contribution in [0.3, 0.4) is 0 Å². The molecule has 7 heteroatoms. The summed E-state index contributed by atoms with van der Waals surface area (Å²) in [6.45, 7) is 8.35. The van der Waals surface area contributed by atoms with Gasteiger partial charge in [-0.25, -0.2) is 4.39 Å². The topological polar surface area (TPSA) is 61.9 Å². The molecule has 3 heterocycles. The average Bonchev–Trinajstić information content (AvgIpc) is 2.95. The van der Waals surface area contributed by atoms with Crippen LogP contribution in [0.1, 0.15) is 54.1 Å². The van der Waals surface area contributed by atoms with Gasteiger partial charge in [0.2, 0.25) is 0 Å². The first kappa shape index (κ1) is 26.5. The van der Waals surface area contributed by atoms with Crippen molar-refractivity contribution in [3.8, 4) is 16.9 Å². The highest BCUT2D eigenvalue weighted by molar-refractivity contribution is 5.95.